The SMILES string of the molecule is [B][C@@H](C)C(C)C. The van der Waals surface area contributed by atoms with Crippen molar-refractivity contribution in [3.05, 3.63) is 0 Å². The Bertz CT molecular complexity index is 24.9. The first-order valence-electron chi connectivity index (χ1n) is 2.40. The van der Waals surface area contributed by atoms with E-state index in [0.29, 0.717) is 11.7 Å². The second kappa shape index (κ2) is 2.28. The highest BCUT2D eigenvalue weighted by Gasteiger charge is 1.95. The van der Waals surface area contributed by atoms with Gasteiger partial charge in [-0.3, -0.25) is 0 Å². The van der Waals surface area contributed by atoms with Crippen LogP contribution in [0, 0.1) is 5.92 Å². The molecule has 1 atom stereocenters. The molecular formula is C5H11B. The first-order valence-corrected chi connectivity index (χ1v) is 2.40. The van der Waals surface area contributed by atoms with Gasteiger partial charge in [-0.05, 0) is 0 Å². The molecule has 0 rings (SSSR count). The molecule has 6 heavy (non-hydrogen) atoms. The van der Waals surface area contributed by atoms with Gasteiger partial charge in [-0.2, -0.15) is 0 Å². The monoisotopic (exact) mass is 82.1 g/mol. The quantitative estimate of drug-likeness (QED) is 0.421. The molecule has 0 aromatic rings. The summed E-state index contributed by atoms with van der Waals surface area (Å²) in [6, 6.07) is 0. The zero-order chi connectivity index (χ0) is 5.15. The highest BCUT2D eigenvalue weighted by atomic mass is 14.0. The van der Waals surface area contributed by atoms with Crippen LogP contribution >= 0.6 is 0 Å². The molecule has 0 aliphatic rings. The predicted octanol–water partition coefficient (Wildman–Crippen LogP) is 1.62. The van der Waals surface area contributed by atoms with E-state index in [1.54, 1.807) is 0 Å². The first-order chi connectivity index (χ1) is 2.64. The number of hydrogen-bond donors (Lipinski definition) is 0. The topological polar surface area (TPSA) is 0 Å². The van der Waals surface area contributed by atoms with Gasteiger partial charge in [-0.1, -0.05) is 32.5 Å². The lowest BCUT2D eigenvalue weighted by atomic mass is 9.80. The molecule has 2 radical (unpaired) electrons. The molecule has 34 valence electrons. The van der Waals surface area contributed by atoms with Crippen molar-refractivity contribution in [1.82, 2.24) is 0 Å². The van der Waals surface area contributed by atoms with E-state index in [4.69, 9.17) is 7.85 Å². The number of rotatable bonds is 1. The van der Waals surface area contributed by atoms with Gasteiger partial charge in [0.15, 0.2) is 0 Å². The summed E-state index contributed by atoms with van der Waals surface area (Å²) in [6.45, 7) is 6.25. The number of hydrogen-bond acceptors (Lipinski definition) is 0. The van der Waals surface area contributed by atoms with Crippen LogP contribution in [0.25, 0.3) is 0 Å². The van der Waals surface area contributed by atoms with Crippen molar-refractivity contribution in [2.75, 3.05) is 0 Å². The van der Waals surface area contributed by atoms with Crippen LogP contribution in [0.1, 0.15) is 20.8 Å². The smallest absolute Gasteiger partial charge is 0.0699 e. The van der Waals surface area contributed by atoms with Crippen molar-refractivity contribution in [1.29, 1.82) is 0 Å². The Balaban J connectivity index is 2.99. The van der Waals surface area contributed by atoms with E-state index in [1.807, 2.05) is 6.92 Å². The third-order valence-electron chi connectivity index (χ3n) is 1.05. The summed E-state index contributed by atoms with van der Waals surface area (Å²) in [7, 11) is 5.44. The van der Waals surface area contributed by atoms with E-state index in [2.05, 4.69) is 13.8 Å². The van der Waals surface area contributed by atoms with Crippen LogP contribution in [0.4, 0.5) is 0 Å². The van der Waals surface area contributed by atoms with Gasteiger partial charge >= 0.3 is 0 Å². The van der Waals surface area contributed by atoms with Crippen molar-refractivity contribution in [2.24, 2.45) is 5.92 Å². The molecule has 0 spiro atoms. The second-order valence-corrected chi connectivity index (χ2v) is 2.10. The molecule has 0 nitrogen and oxygen atoms in total. The second-order valence-electron chi connectivity index (χ2n) is 2.10. The molecule has 0 fully saturated rings. The van der Waals surface area contributed by atoms with Crippen LogP contribution < -0.4 is 0 Å². The zero-order valence-corrected chi connectivity index (χ0v) is 4.73. The van der Waals surface area contributed by atoms with Crippen molar-refractivity contribution < 1.29 is 0 Å². The molecular weight excluding hydrogens is 70.9 g/mol. The molecule has 0 heterocycles. The van der Waals surface area contributed by atoms with Gasteiger partial charge in [0, 0.05) is 0 Å². The lowest BCUT2D eigenvalue weighted by Crippen LogP contribution is -1.93. The zero-order valence-electron chi connectivity index (χ0n) is 4.73. The van der Waals surface area contributed by atoms with E-state index in [-0.39, 0.29) is 0 Å². The third kappa shape index (κ3) is 2.31. The first kappa shape index (κ1) is 6.06. The Labute approximate surface area is 41.4 Å². The lowest BCUT2D eigenvalue weighted by molar-refractivity contribution is 0.625. The molecule has 0 amide bonds. The fourth-order valence-electron chi connectivity index (χ4n) is 0. The summed E-state index contributed by atoms with van der Waals surface area (Å²) in [5, 5.41) is 0. The Morgan fingerprint density at radius 3 is 1.33 bits per heavy atom. The summed E-state index contributed by atoms with van der Waals surface area (Å²) in [5.74, 6) is 0.981. The van der Waals surface area contributed by atoms with E-state index in [0.717, 1.165) is 0 Å². The molecule has 0 aromatic heterocycles. The van der Waals surface area contributed by atoms with Crippen LogP contribution in [0.15, 0.2) is 0 Å². The molecule has 0 N–H and O–H groups in total. The minimum absolute atomic E-state index is 0.352. The van der Waals surface area contributed by atoms with Gasteiger partial charge in [-0.25, -0.2) is 0 Å². The van der Waals surface area contributed by atoms with E-state index >= 15 is 0 Å². The average molecular weight is 82.0 g/mol. The average Bonchev–Trinajstić information content (AvgIpc) is 1.36. The van der Waals surface area contributed by atoms with Gasteiger partial charge in [0.1, 0.15) is 0 Å². The standard InChI is InChI=1S/C5H11B/c1-4(2)5(3)6/h4-5H,1-3H3/t5-/m0/s1. The van der Waals surface area contributed by atoms with Crippen LogP contribution in [0.2, 0.25) is 5.82 Å². The molecule has 0 bridgehead atoms. The highest BCUT2D eigenvalue weighted by molar-refractivity contribution is 6.11. The minimum Gasteiger partial charge on any atom is -0.0779 e. The van der Waals surface area contributed by atoms with Crippen molar-refractivity contribution in [2.45, 2.75) is 26.6 Å². The van der Waals surface area contributed by atoms with E-state index < -0.39 is 0 Å². The molecule has 0 saturated heterocycles. The molecule has 0 aliphatic carbocycles. The van der Waals surface area contributed by atoms with Crippen LogP contribution in [-0.2, 0) is 0 Å². The van der Waals surface area contributed by atoms with Gasteiger partial charge < -0.3 is 0 Å². The summed E-state index contributed by atoms with van der Waals surface area (Å²) in [4.78, 5) is 0. The van der Waals surface area contributed by atoms with Gasteiger partial charge in [0.25, 0.3) is 0 Å². The molecule has 0 saturated carbocycles. The predicted molar refractivity (Wildman–Crippen MR) is 30.0 cm³/mol. The normalized spacial score (nSPS) is 15.3. The van der Waals surface area contributed by atoms with Crippen molar-refractivity contribution >= 4 is 7.85 Å². The maximum atomic E-state index is 5.44. The molecule has 0 aliphatic heterocycles. The molecule has 0 unspecified atom stereocenters. The Kier molecular flexibility index (Phi) is 2.30. The van der Waals surface area contributed by atoms with Crippen molar-refractivity contribution in [3.63, 3.8) is 0 Å². The van der Waals surface area contributed by atoms with Crippen LogP contribution in [0.3, 0.4) is 0 Å². The highest BCUT2D eigenvalue weighted by Crippen LogP contribution is 2.09. The molecule has 1 heteroatoms. The Morgan fingerprint density at radius 1 is 1.17 bits per heavy atom. The van der Waals surface area contributed by atoms with Gasteiger partial charge in [0.05, 0.1) is 7.85 Å². The minimum atomic E-state index is 0.352. The van der Waals surface area contributed by atoms with E-state index in [1.165, 1.54) is 0 Å². The lowest BCUT2D eigenvalue weighted by Gasteiger charge is -2.05. The summed E-state index contributed by atoms with van der Waals surface area (Å²) in [5.41, 5.74) is 0. The summed E-state index contributed by atoms with van der Waals surface area (Å²) >= 11 is 0. The fourth-order valence-corrected chi connectivity index (χ4v) is 0. The maximum Gasteiger partial charge on any atom is 0.0699 e. The van der Waals surface area contributed by atoms with Crippen LogP contribution in [-0.4, -0.2) is 7.85 Å². The van der Waals surface area contributed by atoms with Crippen molar-refractivity contribution in [3.8, 4) is 0 Å². The Hall–Kier alpha value is 0.0649. The van der Waals surface area contributed by atoms with Crippen LogP contribution in [0.5, 0.6) is 0 Å². The Morgan fingerprint density at radius 2 is 1.33 bits per heavy atom. The summed E-state index contributed by atoms with van der Waals surface area (Å²) < 4.78 is 0. The molecule has 0 aromatic carbocycles. The van der Waals surface area contributed by atoms with Gasteiger partial charge in [0.2, 0.25) is 0 Å². The van der Waals surface area contributed by atoms with Gasteiger partial charge in [-0.15, -0.1) is 0 Å². The van der Waals surface area contributed by atoms with E-state index in [9.17, 15) is 0 Å². The largest absolute Gasteiger partial charge is 0.0779 e. The summed E-state index contributed by atoms with van der Waals surface area (Å²) in [6.07, 6.45) is 0. The third-order valence-corrected chi connectivity index (χ3v) is 1.05. The fraction of sp³-hybridized carbons (Fsp3) is 1.00. The maximum absolute atomic E-state index is 5.44.